The minimum Gasteiger partial charge on any atom is -0.396 e. The second-order valence-corrected chi connectivity index (χ2v) is 4.88. The van der Waals surface area contributed by atoms with E-state index in [0.717, 1.165) is 12.3 Å². The summed E-state index contributed by atoms with van der Waals surface area (Å²) in [6.07, 6.45) is 7.94. The van der Waals surface area contributed by atoms with Gasteiger partial charge in [0.2, 0.25) is 0 Å². The molecule has 1 aliphatic rings. The molecular weight excluding hydrogens is 162 g/mol. The maximum atomic E-state index is 9.24. The number of hydrogen-bond donors (Lipinski definition) is 2. The van der Waals surface area contributed by atoms with Crippen molar-refractivity contribution in [3.05, 3.63) is 0 Å². The van der Waals surface area contributed by atoms with Crippen LogP contribution in [-0.2, 0) is 0 Å². The Morgan fingerprint density at radius 2 is 1.92 bits per heavy atom. The summed E-state index contributed by atoms with van der Waals surface area (Å²) >= 11 is 0. The molecule has 0 spiro atoms. The van der Waals surface area contributed by atoms with Crippen molar-refractivity contribution in [3.63, 3.8) is 0 Å². The van der Waals surface area contributed by atoms with Crippen molar-refractivity contribution in [1.29, 1.82) is 0 Å². The molecule has 1 atom stereocenters. The minimum absolute atomic E-state index is 0.0258. The molecule has 0 bridgehead atoms. The summed E-state index contributed by atoms with van der Waals surface area (Å²) in [5.74, 6) is 0.814. The molecule has 13 heavy (non-hydrogen) atoms. The molecule has 0 radical (unpaired) electrons. The topological polar surface area (TPSA) is 46.2 Å². The average Bonchev–Trinajstić information content (AvgIpc) is 2.19. The SMILES string of the molecule is CC(CN)(CO)CC1CCCCC1. The van der Waals surface area contributed by atoms with Gasteiger partial charge in [-0.15, -0.1) is 0 Å². The second kappa shape index (κ2) is 4.97. The van der Waals surface area contributed by atoms with E-state index >= 15 is 0 Å². The summed E-state index contributed by atoms with van der Waals surface area (Å²) in [6, 6.07) is 0. The maximum Gasteiger partial charge on any atom is 0.0496 e. The molecule has 0 aliphatic heterocycles. The maximum absolute atomic E-state index is 9.24. The molecular formula is C11H23NO. The van der Waals surface area contributed by atoms with Crippen LogP contribution in [0.4, 0.5) is 0 Å². The zero-order chi connectivity index (χ0) is 9.73. The third kappa shape index (κ3) is 3.28. The first-order valence-electron chi connectivity index (χ1n) is 5.51. The van der Waals surface area contributed by atoms with Gasteiger partial charge in [-0.3, -0.25) is 0 Å². The van der Waals surface area contributed by atoms with Gasteiger partial charge >= 0.3 is 0 Å². The van der Waals surface area contributed by atoms with Crippen LogP contribution in [0.5, 0.6) is 0 Å². The first kappa shape index (κ1) is 11.0. The number of rotatable bonds is 4. The van der Waals surface area contributed by atoms with E-state index in [2.05, 4.69) is 6.92 Å². The fraction of sp³-hybridized carbons (Fsp3) is 1.00. The van der Waals surface area contributed by atoms with E-state index in [1.54, 1.807) is 0 Å². The lowest BCUT2D eigenvalue weighted by molar-refractivity contribution is 0.110. The first-order valence-corrected chi connectivity index (χ1v) is 5.51. The lowest BCUT2D eigenvalue weighted by Gasteiger charge is -2.32. The van der Waals surface area contributed by atoms with Gasteiger partial charge in [0, 0.05) is 12.0 Å². The molecule has 2 heteroatoms. The Bertz CT molecular complexity index is 137. The molecule has 1 aliphatic carbocycles. The van der Waals surface area contributed by atoms with Crippen molar-refractivity contribution in [3.8, 4) is 0 Å². The number of aliphatic hydroxyl groups excluding tert-OH is 1. The highest BCUT2D eigenvalue weighted by atomic mass is 16.3. The molecule has 0 saturated heterocycles. The van der Waals surface area contributed by atoms with E-state index in [9.17, 15) is 5.11 Å². The molecule has 1 rings (SSSR count). The molecule has 0 aromatic carbocycles. The Hall–Kier alpha value is -0.0800. The van der Waals surface area contributed by atoms with Crippen LogP contribution in [0.3, 0.4) is 0 Å². The zero-order valence-corrected chi connectivity index (χ0v) is 8.76. The van der Waals surface area contributed by atoms with Crippen molar-refractivity contribution < 1.29 is 5.11 Å². The molecule has 0 aromatic rings. The Balaban J connectivity index is 2.35. The molecule has 1 fully saturated rings. The van der Waals surface area contributed by atoms with Crippen LogP contribution in [0.2, 0.25) is 0 Å². The summed E-state index contributed by atoms with van der Waals surface area (Å²) in [4.78, 5) is 0. The highest BCUT2D eigenvalue weighted by Crippen LogP contribution is 2.33. The summed E-state index contributed by atoms with van der Waals surface area (Å²) in [5, 5.41) is 9.24. The lowest BCUT2D eigenvalue weighted by atomic mass is 9.76. The molecule has 0 amide bonds. The van der Waals surface area contributed by atoms with E-state index in [1.165, 1.54) is 32.1 Å². The van der Waals surface area contributed by atoms with Crippen molar-refractivity contribution in [2.45, 2.75) is 45.4 Å². The van der Waals surface area contributed by atoms with Crippen LogP contribution < -0.4 is 5.73 Å². The predicted molar refractivity (Wildman–Crippen MR) is 55.4 cm³/mol. The van der Waals surface area contributed by atoms with Crippen LogP contribution >= 0.6 is 0 Å². The van der Waals surface area contributed by atoms with E-state index in [-0.39, 0.29) is 12.0 Å². The Morgan fingerprint density at radius 3 is 2.38 bits per heavy atom. The first-order chi connectivity index (χ1) is 6.20. The normalized spacial score (nSPS) is 24.2. The van der Waals surface area contributed by atoms with E-state index in [4.69, 9.17) is 5.73 Å². The highest BCUT2D eigenvalue weighted by Gasteiger charge is 2.26. The van der Waals surface area contributed by atoms with Crippen LogP contribution in [0, 0.1) is 11.3 Å². The monoisotopic (exact) mass is 185 g/mol. The number of nitrogens with two attached hydrogens (primary N) is 1. The fourth-order valence-electron chi connectivity index (χ4n) is 2.30. The van der Waals surface area contributed by atoms with Gasteiger partial charge in [0.1, 0.15) is 0 Å². The smallest absolute Gasteiger partial charge is 0.0496 e. The van der Waals surface area contributed by atoms with Gasteiger partial charge in [0.15, 0.2) is 0 Å². The van der Waals surface area contributed by atoms with Gasteiger partial charge in [-0.05, 0) is 18.9 Å². The van der Waals surface area contributed by atoms with Gasteiger partial charge in [0.05, 0.1) is 0 Å². The van der Waals surface area contributed by atoms with Crippen molar-refractivity contribution in [2.75, 3.05) is 13.2 Å². The standard InChI is InChI=1S/C11H23NO/c1-11(8-12,9-13)7-10-5-3-2-4-6-10/h10,13H,2-9,12H2,1H3. The molecule has 0 aromatic heterocycles. The van der Waals surface area contributed by atoms with Crippen LogP contribution in [-0.4, -0.2) is 18.3 Å². The summed E-state index contributed by atoms with van der Waals surface area (Å²) in [5.41, 5.74) is 5.65. The quantitative estimate of drug-likeness (QED) is 0.703. The van der Waals surface area contributed by atoms with Crippen LogP contribution in [0.25, 0.3) is 0 Å². The summed E-state index contributed by atoms with van der Waals surface area (Å²) in [6.45, 7) is 2.95. The van der Waals surface area contributed by atoms with Crippen molar-refractivity contribution in [1.82, 2.24) is 0 Å². The third-order valence-corrected chi connectivity index (χ3v) is 3.38. The second-order valence-electron chi connectivity index (χ2n) is 4.88. The van der Waals surface area contributed by atoms with Crippen molar-refractivity contribution >= 4 is 0 Å². The molecule has 1 saturated carbocycles. The predicted octanol–water partition coefficient (Wildman–Crippen LogP) is 1.91. The van der Waals surface area contributed by atoms with Gasteiger partial charge in [-0.1, -0.05) is 39.0 Å². The highest BCUT2D eigenvalue weighted by molar-refractivity contribution is 4.79. The van der Waals surface area contributed by atoms with Gasteiger partial charge < -0.3 is 10.8 Å². The third-order valence-electron chi connectivity index (χ3n) is 3.38. The zero-order valence-electron chi connectivity index (χ0n) is 8.76. The Morgan fingerprint density at radius 1 is 1.31 bits per heavy atom. The summed E-state index contributed by atoms with van der Waals surface area (Å²) < 4.78 is 0. The van der Waals surface area contributed by atoms with E-state index in [0.29, 0.717) is 6.54 Å². The molecule has 2 nitrogen and oxygen atoms in total. The average molecular weight is 185 g/mol. The molecule has 1 unspecified atom stereocenters. The van der Waals surface area contributed by atoms with Crippen LogP contribution in [0.15, 0.2) is 0 Å². The van der Waals surface area contributed by atoms with Crippen molar-refractivity contribution in [2.24, 2.45) is 17.1 Å². The molecule has 3 N–H and O–H groups in total. The lowest BCUT2D eigenvalue weighted by Crippen LogP contribution is -2.33. The Labute approximate surface area is 81.5 Å². The fourth-order valence-corrected chi connectivity index (χ4v) is 2.30. The van der Waals surface area contributed by atoms with E-state index in [1.807, 2.05) is 0 Å². The van der Waals surface area contributed by atoms with E-state index < -0.39 is 0 Å². The molecule has 0 heterocycles. The number of aliphatic hydroxyl groups is 1. The van der Waals surface area contributed by atoms with Gasteiger partial charge in [0.25, 0.3) is 0 Å². The van der Waals surface area contributed by atoms with Crippen LogP contribution in [0.1, 0.15) is 45.4 Å². The Kier molecular flexibility index (Phi) is 4.20. The number of hydrogen-bond acceptors (Lipinski definition) is 2. The largest absolute Gasteiger partial charge is 0.396 e. The van der Waals surface area contributed by atoms with Gasteiger partial charge in [-0.25, -0.2) is 0 Å². The summed E-state index contributed by atoms with van der Waals surface area (Å²) in [7, 11) is 0. The van der Waals surface area contributed by atoms with Gasteiger partial charge in [-0.2, -0.15) is 0 Å². The molecule has 78 valence electrons. The minimum atomic E-state index is -0.0258.